The quantitative estimate of drug-likeness (QED) is 0.848. The van der Waals surface area contributed by atoms with E-state index in [1.807, 2.05) is 0 Å². The lowest BCUT2D eigenvalue weighted by atomic mass is 10.2. The van der Waals surface area contributed by atoms with Gasteiger partial charge in [-0.25, -0.2) is 0 Å². The van der Waals surface area contributed by atoms with Crippen LogP contribution in [-0.4, -0.2) is 24.9 Å². The Hall–Kier alpha value is -1.50. The summed E-state index contributed by atoms with van der Waals surface area (Å²) in [5.41, 5.74) is 5.77. The Kier molecular flexibility index (Phi) is 4.17. The molecule has 94 valence electrons. The van der Waals surface area contributed by atoms with Crippen LogP contribution in [0.5, 0.6) is 11.5 Å². The maximum absolute atomic E-state index is 12.0. The van der Waals surface area contributed by atoms with Crippen molar-refractivity contribution in [2.75, 3.05) is 13.7 Å². The molecular formula is C10H10F3NO2S. The topological polar surface area (TPSA) is 44.5 Å². The molecule has 0 fully saturated rings. The summed E-state index contributed by atoms with van der Waals surface area (Å²) >= 11 is 4.73. The first-order chi connectivity index (χ1) is 7.81. The molecule has 0 radical (unpaired) electrons. The van der Waals surface area contributed by atoms with E-state index in [1.165, 1.54) is 25.3 Å². The molecule has 0 bridgehead atoms. The maximum atomic E-state index is 12.0. The molecule has 0 spiro atoms. The first-order valence-electron chi connectivity index (χ1n) is 4.50. The van der Waals surface area contributed by atoms with Crippen LogP contribution in [0.15, 0.2) is 18.2 Å². The highest BCUT2D eigenvalue weighted by Gasteiger charge is 2.28. The standard InChI is InChI=1S/C10H10F3NO2S/c1-15-7-2-6(9(14)17)3-8(4-7)16-5-10(11,12)13/h2-4H,5H2,1H3,(H2,14,17). The zero-order chi connectivity index (χ0) is 13.1. The van der Waals surface area contributed by atoms with Crippen LogP contribution >= 0.6 is 12.2 Å². The van der Waals surface area contributed by atoms with E-state index in [1.54, 1.807) is 0 Å². The number of ether oxygens (including phenoxy) is 2. The van der Waals surface area contributed by atoms with Gasteiger partial charge < -0.3 is 15.2 Å². The van der Waals surface area contributed by atoms with E-state index in [0.29, 0.717) is 11.3 Å². The molecule has 2 N–H and O–H groups in total. The number of methoxy groups -OCH3 is 1. The Bertz CT molecular complexity index is 421. The minimum absolute atomic E-state index is 0.00414. The van der Waals surface area contributed by atoms with E-state index in [0.717, 1.165) is 0 Å². The Morgan fingerprint density at radius 1 is 1.29 bits per heavy atom. The molecule has 3 nitrogen and oxygen atoms in total. The number of rotatable bonds is 4. The molecular weight excluding hydrogens is 255 g/mol. The average molecular weight is 265 g/mol. The lowest BCUT2D eigenvalue weighted by Gasteiger charge is -2.11. The Labute approximate surface area is 101 Å². The van der Waals surface area contributed by atoms with Crippen molar-refractivity contribution in [3.63, 3.8) is 0 Å². The first kappa shape index (κ1) is 13.6. The van der Waals surface area contributed by atoms with Gasteiger partial charge in [-0.2, -0.15) is 13.2 Å². The van der Waals surface area contributed by atoms with Crippen molar-refractivity contribution in [3.05, 3.63) is 23.8 Å². The summed E-state index contributed by atoms with van der Waals surface area (Å²) in [7, 11) is 1.38. The SMILES string of the molecule is COc1cc(OCC(F)(F)F)cc(C(N)=S)c1. The molecule has 0 saturated heterocycles. The average Bonchev–Trinajstić information content (AvgIpc) is 2.25. The van der Waals surface area contributed by atoms with Gasteiger partial charge in [0, 0.05) is 11.6 Å². The van der Waals surface area contributed by atoms with Crippen LogP contribution in [0.25, 0.3) is 0 Å². The molecule has 0 unspecified atom stereocenters. The van der Waals surface area contributed by atoms with Gasteiger partial charge in [0.15, 0.2) is 6.61 Å². The van der Waals surface area contributed by atoms with Gasteiger partial charge in [0.05, 0.1) is 7.11 Å². The van der Waals surface area contributed by atoms with Gasteiger partial charge >= 0.3 is 6.18 Å². The Balaban J connectivity index is 2.91. The van der Waals surface area contributed by atoms with E-state index in [9.17, 15) is 13.2 Å². The number of thiocarbonyl (C=S) groups is 1. The van der Waals surface area contributed by atoms with Crippen molar-refractivity contribution >= 4 is 17.2 Å². The van der Waals surface area contributed by atoms with Gasteiger partial charge in [0.25, 0.3) is 0 Å². The molecule has 7 heteroatoms. The highest BCUT2D eigenvalue weighted by molar-refractivity contribution is 7.80. The highest BCUT2D eigenvalue weighted by atomic mass is 32.1. The van der Waals surface area contributed by atoms with Crippen molar-refractivity contribution in [1.29, 1.82) is 0 Å². The second-order valence-electron chi connectivity index (χ2n) is 3.17. The summed E-state index contributed by atoms with van der Waals surface area (Å²) in [5.74, 6) is 0.331. The van der Waals surface area contributed by atoms with Gasteiger partial charge in [0.2, 0.25) is 0 Å². The third-order valence-corrected chi connectivity index (χ3v) is 2.04. The van der Waals surface area contributed by atoms with Crippen molar-refractivity contribution in [3.8, 4) is 11.5 Å². The summed E-state index contributed by atoms with van der Waals surface area (Å²) in [6.07, 6.45) is -4.40. The van der Waals surface area contributed by atoms with Crippen LogP contribution in [0.4, 0.5) is 13.2 Å². The van der Waals surface area contributed by atoms with Crippen molar-refractivity contribution in [1.82, 2.24) is 0 Å². The van der Waals surface area contributed by atoms with Crippen molar-refractivity contribution in [2.45, 2.75) is 6.18 Å². The molecule has 1 rings (SSSR count). The molecule has 0 saturated carbocycles. The van der Waals surface area contributed by atoms with Crippen LogP contribution in [-0.2, 0) is 0 Å². The molecule has 0 heterocycles. The summed E-state index contributed by atoms with van der Waals surface area (Å²) in [6.45, 7) is -1.38. The molecule has 17 heavy (non-hydrogen) atoms. The van der Waals surface area contributed by atoms with E-state index >= 15 is 0 Å². The van der Waals surface area contributed by atoms with E-state index in [4.69, 9.17) is 22.7 Å². The molecule has 0 aliphatic carbocycles. The molecule has 0 atom stereocenters. The minimum Gasteiger partial charge on any atom is -0.497 e. The summed E-state index contributed by atoms with van der Waals surface area (Å²) in [6, 6.07) is 4.17. The van der Waals surface area contributed by atoms with Gasteiger partial charge in [-0.15, -0.1) is 0 Å². The number of halogens is 3. The monoisotopic (exact) mass is 265 g/mol. The third kappa shape index (κ3) is 4.48. The molecule has 0 aromatic heterocycles. The smallest absolute Gasteiger partial charge is 0.422 e. The fourth-order valence-electron chi connectivity index (χ4n) is 1.08. The third-order valence-electron chi connectivity index (χ3n) is 1.80. The molecule has 1 aromatic carbocycles. The van der Waals surface area contributed by atoms with E-state index in [2.05, 4.69) is 4.74 Å². The molecule has 1 aromatic rings. The highest BCUT2D eigenvalue weighted by Crippen LogP contribution is 2.24. The second kappa shape index (κ2) is 5.22. The predicted octanol–water partition coefficient (Wildman–Crippen LogP) is 2.27. The van der Waals surface area contributed by atoms with Crippen molar-refractivity contribution in [2.24, 2.45) is 5.73 Å². The van der Waals surface area contributed by atoms with Gasteiger partial charge in [0.1, 0.15) is 16.5 Å². The Morgan fingerprint density at radius 3 is 2.35 bits per heavy atom. The zero-order valence-electron chi connectivity index (χ0n) is 8.88. The molecule has 0 aliphatic heterocycles. The maximum Gasteiger partial charge on any atom is 0.422 e. The summed E-state index contributed by atoms with van der Waals surface area (Å²) in [4.78, 5) is 0.0563. The fourth-order valence-corrected chi connectivity index (χ4v) is 1.20. The number of hydrogen-bond donors (Lipinski definition) is 1. The van der Waals surface area contributed by atoms with Gasteiger partial charge in [-0.05, 0) is 12.1 Å². The largest absolute Gasteiger partial charge is 0.497 e. The van der Waals surface area contributed by atoms with E-state index in [-0.39, 0.29) is 10.7 Å². The zero-order valence-corrected chi connectivity index (χ0v) is 9.69. The Morgan fingerprint density at radius 2 is 1.88 bits per heavy atom. The van der Waals surface area contributed by atoms with Gasteiger partial charge in [-0.1, -0.05) is 12.2 Å². The van der Waals surface area contributed by atoms with Crippen LogP contribution < -0.4 is 15.2 Å². The lowest BCUT2D eigenvalue weighted by Crippen LogP contribution is -2.19. The van der Waals surface area contributed by atoms with E-state index < -0.39 is 12.8 Å². The van der Waals surface area contributed by atoms with Gasteiger partial charge in [-0.3, -0.25) is 0 Å². The summed E-state index contributed by atoms with van der Waals surface area (Å²) in [5, 5.41) is 0. The van der Waals surface area contributed by atoms with Crippen LogP contribution in [0, 0.1) is 0 Å². The normalized spacial score (nSPS) is 11.1. The lowest BCUT2D eigenvalue weighted by molar-refractivity contribution is -0.153. The molecule has 0 aliphatic rings. The summed E-state index contributed by atoms with van der Waals surface area (Å²) < 4.78 is 45.4. The van der Waals surface area contributed by atoms with Crippen molar-refractivity contribution < 1.29 is 22.6 Å². The molecule has 0 amide bonds. The fraction of sp³-hybridized carbons (Fsp3) is 0.300. The number of alkyl halides is 3. The predicted molar refractivity (Wildman–Crippen MR) is 60.4 cm³/mol. The number of nitrogens with two attached hydrogens (primary N) is 1. The van der Waals surface area contributed by atoms with Crippen LogP contribution in [0.2, 0.25) is 0 Å². The number of hydrogen-bond acceptors (Lipinski definition) is 3. The van der Waals surface area contributed by atoms with Crippen LogP contribution in [0.3, 0.4) is 0 Å². The van der Waals surface area contributed by atoms with Crippen LogP contribution in [0.1, 0.15) is 5.56 Å². The minimum atomic E-state index is -4.40. The second-order valence-corrected chi connectivity index (χ2v) is 3.61. The number of benzene rings is 1. The first-order valence-corrected chi connectivity index (χ1v) is 4.91.